The number of carbonyl (C=O) groups excluding carboxylic acids is 2. The van der Waals surface area contributed by atoms with Gasteiger partial charge < -0.3 is 15.4 Å². The smallest absolute Gasteiger partial charge is 0.338 e. The van der Waals surface area contributed by atoms with Crippen LogP contribution in [0, 0.1) is 10.1 Å². The second kappa shape index (κ2) is 8.06. The van der Waals surface area contributed by atoms with Crippen LogP contribution < -0.4 is 10.6 Å². The van der Waals surface area contributed by atoms with Gasteiger partial charge in [0.15, 0.2) is 6.61 Å². The molecule has 0 radical (unpaired) electrons. The van der Waals surface area contributed by atoms with E-state index in [1.54, 1.807) is 6.07 Å². The number of benzene rings is 1. The zero-order valence-corrected chi connectivity index (χ0v) is 13.7. The Kier molecular flexibility index (Phi) is 5.85. The molecule has 1 amide bonds. The lowest BCUT2D eigenvalue weighted by Crippen LogP contribution is -2.21. The van der Waals surface area contributed by atoms with Crippen LogP contribution >= 0.6 is 11.6 Å². The SMILES string of the molecule is CNc1ccc(C(=O)OCC(=O)Nc2ccc(Cl)cn2)cc1[N+](=O)[O-]. The van der Waals surface area contributed by atoms with Crippen LogP contribution in [-0.4, -0.2) is 35.4 Å². The van der Waals surface area contributed by atoms with Gasteiger partial charge in [0.25, 0.3) is 11.6 Å². The fraction of sp³-hybridized carbons (Fsp3) is 0.133. The fourth-order valence-electron chi connectivity index (χ4n) is 1.86. The van der Waals surface area contributed by atoms with Crippen molar-refractivity contribution in [3.8, 4) is 0 Å². The number of nitro groups is 1. The minimum atomic E-state index is -0.857. The lowest BCUT2D eigenvalue weighted by atomic mass is 10.1. The number of anilines is 2. The van der Waals surface area contributed by atoms with Gasteiger partial charge in [-0.15, -0.1) is 0 Å². The monoisotopic (exact) mass is 364 g/mol. The van der Waals surface area contributed by atoms with Crippen molar-refractivity contribution in [3.05, 3.63) is 57.2 Å². The van der Waals surface area contributed by atoms with E-state index in [-0.39, 0.29) is 22.8 Å². The molecule has 0 spiro atoms. The topological polar surface area (TPSA) is 123 Å². The van der Waals surface area contributed by atoms with Crippen LogP contribution in [0.2, 0.25) is 5.02 Å². The molecule has 0 unspecified atom stereocenters. The number of hydrogen-bond donors (Lipinski definition) is 2. The first-order chi connectivity index (χ1) is 11.9. The quantitative estimate of drug-likeness (QED) is 0.458. The van der Waals surface area contributed by atoms with Crippen molar-refractivity contribution >= 4 is 40.7 Å². The highest BCUT2D eigenvalue weighted by molar-refractivity contribution is 6.30. The van der Waals surface area contributed by atoms with Gasteiger partial charge in [-0.3, -0.25) is 14.9 Å². The summed E-state index contributed by atoms with van der Waals surface area (Å²) in [5.41, 5.74) is -0.0528. The van der Waals surface area contributed by atoms with Gasteiger partial charge in [-0.2, -0.15) is 0 Å². The Hall–Kier alpha value is -3.20. The average molecular weight is 365 g/mol. The largest absolute Gasteiger partial charge is 0.452 e. The highest BCUT2D eigenvalue weighted by Crippen LogP contribution is 2.25. The summed E-state index contributed by atoms with van der Waals surface area (Å²) in [5, 5.41) is 16.5. The van der Waals surface area contributed by atoms with Crippen LogP contribution in [0.4, 0.5) is 17.2 Å². The summed E-state index contributed by atoms with van der Waals surface area (Å²) >= 11 is 5.68. The molecule has 0 bridgehead atoms. The minimum absolute atomic E-state index is 0.0388. The molecule has 0 atom stereocenters. The number of amides is 1. The number of rotatable bonds is 6. The molecule has 0 saturated carbocycles. The second-order valence-electron chi connectivity index (χ2n) is 4.73. The van der Waals surface area contributed by atoms with E-state index in [1.165, 1.54) is 31.4 Å². The van der Waals surface area contributed by atoms with Gasteiger partial charge >= 0.3 is 5.97 Å². The van der Waals surface area contributed by atoms with Crippen molar-refractivity contribution < 1.29 is 19.2 Å². The molecule has 2 aromatic rings. The van der Waals surface area contributed by atoms with Crippen molar-refractivity contribution in [2.75, 3.05) is 24.3 Å². The summed E-state index contributed by atoms with van der Waals surface area (Å²) in [6, 6.07) is 6.85. The van der Waals surface area contributed by atoms with Crippen molar-refractivity contribution in [1.82, 2.24) is 4.98 Å². The molecule has 0 aliphatic rings. The molecule has 130 valence electrons. The summed E-state index contributed by atoms with van der Waals surface area (Å²) in [6.45, 7) is -0.565. The first-order valence-electron chi connectivity index (χ1n) is 6.95. The van der Waals surface area contributed by atoms with Crippen molar-refractivity contribution in [2.24, 2.45) is 0 Å². The Bertz CT molecular complexity index is 810. The van der Waals surface area contributed by atoms with E-state index in [4.69, 9.17) is 16.3 Å². The van der Waals surface area contributed by atoms with Crippen molar-refractivity contribution in [2.45, 2.75) is 0 Å². The molecule has 2 N–H and O–H groups in total. The first-order valence-corrected chi connectivity index (χ1v) is 7.33. The normalized spacial score (nSPS) is 10.0. The molecule has 1 aromatic carbocycles. The van der Waals surface area contributed by atoms with E-state index >= 15 is 0 Å². The highest BCUT2D eigenvalue weighted by atomic mass is 35.5. The standard InChI is InChI=1S/C15H13ClN4O5/c1-17-11-4-2-9(6-12(11)20(23)24)15(22)25-8-14(21)19-13-5-3-10(16)7-18-13/h2-7,17H,8H2,1H3,(H,18,19,21). The molecule has 0 aliphatic carbocycles. The zero-order chi connectivity index (χ0) is 18.4. The molecule has 9 nitrogen and oxygen atoms in total. The number of pyridine rings is 1. The van der Waals surface area contributed by atoms with Gasteiger partial charge in [0.2, 0.25) is 0 Å². The number of ether oxygens (including phenoxy) is 1. The van der Waals surface area contributed by atoms with Crippen LogP contribution in [0.1, 0.15) is 10.4 Å². The van der Waals surface area contributed by atoms with Crippen LogP contribution in [0.5, 0.6) is 0 Å². The number of nitrogens with zero attached hydrogens (tertiary/aromatic N) is 2. The van der Waals surface area contributed by atoms with E-state index in [1.807, 2.05) is 0 Å². The molecule has 25 heavy (non-hydrogen) atoms. The van der Waals surface area contributed by atoms with E-state index in [0.717, 1.165) is 6.07 Å². The maximum atomic E-state index is 11.9. The van der Waals surface area contributed by atoms with Gasteiger partial charge in [0.05, 0.1) is 15.5 Å². The number of nitrogens with one attached hydrogen (secondary N) is 2. The zero-order valence-electron chi connectivity index (χ0n) is 13.0. The maximum Gasteiger partial charge on any atom is 0.338 e. The second-order valence-corrected chi connectivity index (χ2v) is 5.16. The van der Waals surface area contributed by atoms with Crippen LogP contribution in [0.3, 0.4) is 0 Å². The summed E-state index contributed by atoms with van der Waals surface area (Å²) < 4.78 is 4.85. The Morgan fingerprint density at radius 1 is 1.32 bits per heavy atom. The molecule has 0 saturated heterocycles. The third-order valence-corrected chi connectivity index (χ3v) is 3.25. The van der Waals surface area contributed by atoms with Gasteiger partial charge in [-0.05, 0) is 24.3 Å². The first kappa shape index (κ1) is 18.1. The number of esters is 1. The Morgan fingerprint density at radius 2 is 2.08 bits per heavy atom. The number of carbonyl (C=O) groups is 2. The van der Waals surface area contributed by atoms with Gasteiger partial charge in [-0.25, -0.2) is 9.78 Å². The predicted octanol–water partition coefficient (Wildman–Crippen LogP) is 2.48. The average Bonchev–Trinajstić information content (AvgIpc) is 2.61. The Balaban J connectivity index is 1.97. The van der Waals surface area contributed by atoms with Crippen LogP contribution in [0.15, 0.2) is 36.5 Å². The Labute approximate surface area is 147 Å². The van der Waals surface area contributed by atoms with Crippen molar-refractivity contribution in [3.63, 3.8) is 0 Å². The molecule has 0 fully saturated rings. The van der Waals surface area contributed by atoms with Gasteiger partial charge in [0, 0.05) is 19.3 Å². The molecule has 2 rings (SSSR count). The molecule has 10 heteroatoms. The number of nitro benzene ring substituents is 1. The number of halogens is 1. The maximum absolute atomic E-state index is 11.9. The fourth-order valence-corrected chi connectivity index (χ4v) is 1.98. The summed E-state index contributed by atoms with van der Waals surface area (Å²) in [7, 11) is 1.52. The van der Waals surface area contributed by atoms with E-state index in [0.29, 0.717) is 5.02 Å². The van der Waals surface area contributed by atoms with Gasteiger partial charge in [-0.1, -0.05) is 11.6 Å². The molecular formula is C15H13ClN4O5. The lowest BCUT2D eigenvalue weighted by Gasteiger charge is -2.07. The summed E-state index contributed by atoms with van der Waals surface area (Å²) in [5.74, 6) is -1.21. The Morgan fingerprint density at radius 3 is 2.68 bits per heavy atom. The third kappa shape index (κ3) is 4.88. The summed E-state index contributed by atoms with van der Waals surface area (Å²) in [6.07, 6.45) is 1.35. The predicted molar refractivity (Wildman–Crippen MR) is 90.8 cm³/mol. The number of hydrogen-bond acceptors (Lipinski definition) is 7. The van der Waals surface area contributed by atoms with Gasteiger partial charge in [0.1, 0.15) is 11.5 Å². The van der Waals surface area contributed by atoms with Crippen LogP contribution in [0.25, 0.3) is 0 Å². The molecule has 1 heterocycles. The van der Waals surface area contributed by atoms with Crippen LogP contribution in [-0.2, 0) is 9.53 Å². The molecule has 0 aliphatic heterocycles. The van der Waals surface area contributed by atoms with E-state index in [2.05, 4.69) is 15.6 Å². The van der Waals surface area contributed by atoms with E-state index in [9.17, 15) is 19.7 Å². The lowest BCUT2D eigenvalue weighted by molar-refractivity contribution is -0.384. The highest BCUT2D eigenvalue weighted by Gasteiger charge is 2.18. The molecular weight excluding hydrogens is 352 g/mol. The van der Waals surface area contributed by atoms with E-state index < -0.39 is 23.4 Å². The van der Waals surface area contributed by atoms with Crippen molar-refractivity contribution in [1.29, 1.82) is 0 Å². The third-order valence-electron chi connectivity index (χ3n) is 3.03. The minimum Gasteiger partial charge on any atom is -0.452 e. The molecule has 1 aromatic heterocycles. The summed E-state index contributed by atoms with van der Waals surface area (Å²) in [4.78, 5) is 37.9. The number of aromatic nitrogens is 1.